The van der Waals surface area contributed by atoms with Crippen LogP contribution in [0.3, 0.4) is 0 Å². The smallest absolute Gasteiger partial charge is 0.0643 e. The Hall–Kier alpha value is -1.24. The number of nitriles is 1. The Kier molecular flexibility index (Phi) is 4.46. The fraction of sp³-hybridized carbons (Fsp3) is 0.500. The van der Waals surface area contributed by atoms with Crippen LogP contribution in [0.25, 0.3) is 0 Å². The zero-order valence-corrected chi connectivity index (χ0v) is 11.3. The fourth-order valence-electron chi connectivity index (χ4n) is 2.39. The van der Waals surface area contributed by atoms with Gasteiger partial charge in [0, 0.05) is 23.8 Å². The number of rotatable bonds is 2. The molecule has 0 aliphatic carbocycles. The number of benzene rings is 1. The second-order valence-electron chi connectivity index (χ2n) is 4.91. The summed E-state index contributed by atoms with van der Waals surface area (Å²) in [4.78, 5) is 2.32. The average molecular weight is 264 g/mol. The van der Waals surface area contributed by atoms with Crippen LogP contribution in [0, 0.1) is 17.2 Å². The largest absolute Gasteiger partial charge is 0.366 e. The summed E-state index contributed by atoms with van der Waals surface area (Å²) < 4.78 is 0. The highest BCUT2D eigenvalue weighted by molar-refractivity contribution is 6.30. The van der Waals surface area contributed by atoms with Gasteiger partial charge < -0.3 is 10.2 Å². The van der Waals surface area contributed by atoms with Crippen LogP contribution in [0.5, 0.6) is 0 Å². The van der Waals surface area contributed by atoms with Crippen LogP contribution in [-0.2, 0) is 0 Å². The van der Waals surface area contributed by atoms with Gasteiger partial charge in [-0.25, -0.2) is 0 Å². The van der Waals surface area contributed by atoms with Gasteiger partial charge in [-0.05, 0) is 36.7 Å². The summed E-state index contributed by atoms with van der Waals surface area (Å²) in [6, 6.07) is 10.4. The Morgan fingerprint density at radius 1 is 1.39 bits per heavy atom. The molecule has 4 heteroatoms. The van der Waals surface area contributed by atoms with E-state index >= 15 is 0 Å². The van der Waals surface area contributed by atoms with Gasteiger partial charge in [0.15, 0.2) is 0 Å². The molecule has 1 aromatic rings. The molecule has 3 nitrogen and oxygen atoms in total. The zero-order valence-electron chi connectivity index (χ0n) is 10.6. The predicted molar refractivity (Wildman–Crippen MR) is 74.8 cm³/mol. The van der Waals surface area contributed by atoms with Gasteiger partial charge in [-0.1, -0.05) is 18.5 Å². The first-order chi connectivity index (χ1) is 8.70. The minimum absolute atomic E-state index is 0.237. The van der Waals surface area contributed by atoms with Crippen molar-refractivity contribution < 1.29 is 0 Å². The molecule has 1 fully saturated rings. The molecular formula is C14H18ClN3. The van der Waals surface area contributed by atoms with E-state index in [-0.39, 0.29) is 6.04 Å². The lowest BCUT2D eigenvalue weighted by Gasteiger charge is -2.31. The Morgan fingerprint density at radius 3 is 2.78 bits per heavy atom. The van der Waals surface area contributed by atoms with Gasteiger partial charge in [0.25, 0.3) is 0 Å². The van der Waals surface area contributed by atoms with E-state index in [2.05, 4.69) is 23.2 Å². The van der Waals surface area contributed by atoms with Crippen LogP contribution >= 0.6 is 11.6 Å². The van der Waals surface area contributed by atoms with Crippen LogP contribution in [0.1, 0.15) is 13.3 Å². The molecular weight excluding hydrogens is 246 g/mol. The van der Waals surface area contributed by atoms with E-state index in [9.17, 15) is 0 Å². The molecule has 1 aromatic carbocycles. The number of hydrogen-bond donors (Lipinski definition) is 1. The Balaban J connectivity index is 2.23. The normalized spacial score (nSPS) is 24.4. The molecule has 2 rings (SSSR count). The first kappa shape index (κ1) is 13.2. The van der Waals surface area contributed by atoms with E-state index < -0.39 is 0 Å². The maximum absolute atomic E-state index is 8.96. The summed E-state index contributed by atoms with van der Waals surface area (Å²) in [5.41, 5.74) is 1.15. The molecule has 0 amide bonds. The quantitative estimate of drug-likeness (QED) is 0.892. The second kappa shape index (κ2) is 6.08. The number of nitrogens with zero attached hydrogens (tertiary/aromatic N) is 2. The van der Waals surface area contributed by atoms with E-state index in [1.54, 1.807) is 0 Å². The molecule has 1 heterocycles. The van der Waals surface area contributed by atoms with E-state index in [1.807, 2.05) is 24.3 Å². The molecule has 0 bridgehead atoms. The lowest BCUT2D eigenvalue weighted by molar-refractivity contribution is 0.563. The minimum atomic E-state index is 0.237. The molecule has 0 radical (unpaired) electrons. The van der Waals surface area contributed by atoms with Gasteiger partial charge in [0.2, 0.25) is 0 Å². The molecule has 1 aliphatic rings. The molecule has 2 unspecified atom stereocenters. The predicted octanol–water partition coefficient (Wildman–Crippen LogP) is 2.67. The third kappa shape index (κ3) is 3.16. The molecule has 18 heavy (non-hydrogen) atoms. The summed E-state index contributed by atoms with van der Waals surface area (Å²) in [6.07, 6.45) is 0.544. The van der Waals surface area contributed by atoms with Crippen molar-refractivity contribution >= 4 is 17.3 Å². The topological polar surface area (TPSA) is 39.1 Å². The fourth-order valence-corrected chi connectivity index (χ4v) is 2.52. The summed E-state index contributed by atoms with van der Waals surface area (Å²) in [6.45, 7) is 5.07. The lowest BCUT2D eigenvalue weighted by Crippen LogP contribution is -2.40. The number of anilines is 1. The minimum Gasteiger partial charge on any atom is -0.366 e. The van der Waals surface area contributed by atoms with Crippen LogP contribution in [0.2, 0.25) is 5.02 Å². The van der Waals surface area contributed by atoms with Gasteiger partial charge in [-0.15, -0.1) is 0 Å². The Labute approximate surface area is 113 Å². The van der Waals surface area contributed by atoms with Crippen molar-refractivity contribution in [1.82, 2.24) is 5.32 Å². The molecule has 2 atom stereocenters. The number of hydrogen-bond acceptors (Lipinski definition) is 3. The third-order valence-electron chi connectivity index (χ3n) is 3.31. The molecule has 1 N–H and O–H groups in total. The van der Waals surface area contributed by atoms with Gasteiger partial charge in [-0.3, -0.25) is 0 Å². The molecule has 0 aromatic heterocycles. The third-order valence-corrected chi connectivity index (χ3v) is 3.56. The highest BCUT2D eigenvalue weighted by Gasteiger charge is 2.23. The van der Waals surface area contributed by atoms with E-state index in [0.717, 1.165) is 30.3 Å². The van der Waals surface area contributed by atoms with Crippen molar-refractivity contribution in [1.29, 1.82) is 5.26 Å². The molecule has 0 spiro atoms. The lowest BCUT2D eigenvalue weighted by atomic mass is 10.1. The standard InChI is InChI=1S/C14H18ClN3/c1-11-8-17-9-14(6-7-16)18(10-11)13-4-2-12(15)3-5-13/h2-5,11,14,17H,6,8-10H2,1H3. The first-order valence-corrected chi connectivity index (χ1v) is 6.68. The van der Waals surface area contributed by atoms with Crippen LogP contribution in [0.15, 0.2) is 24.3 Å². The number of nitrogens with one attached hydrogen (secondary N) is 1. The van der Waals surface area contributed by atoms with Crippen molar-refractivity contribution in [2.45, 2.75) is 19.4 Å². The van der Waals surface area contributed by atoms with E-state index in [0.29, 0.717) is 12.3 Å². The van der Waals surface area contributed by atoms with Gasteiger partial charge in [0.05, 0.1) is 18.5 Å². The monoisotopic (exact) mass is 263 g/mol. The van der Waals surface area contributed by atoms with Crippen molar-refractivity contribution in [3.8, 4) is 6.07 Å². The van der Waals surface area contributed by atoms with Crippen molar-refractivity contribution in [3.63, 3.8) is 0 Å². The average Bonchev–Trinajstić information content (AvgIpc) is 2.53. The molecule has 1 saturated heterocycles. The SMILES string of the molecule is CC1CNCC(CC#N)N(c2ccc(Cl)cc2)C1. The Morgan fingerprint density at radius 2 is 2.11 bits per heavy atom. The molecule has 96 valence electrons. The highest BCUT2D eigenvalue weighted by atomic mass is 35.5. The zero-order chi connectivity index (χ0) is 13.0. The van der Waals surface area contributed by atoms with Gasteiger partial charge in [0.1, 0.15) is 0 Å². The van der Waals surface area contributed by atoms with Crippen molar-refractivity contribution in [3.05, 3.63) is 29.3 Å². The second-order valence-corrected chi connectivity index (χ2v) is 5.34. The maximum Gasteiger partial charge on any atom is 0.0643 e. The van der Waals surface area contributed by atoms with Gasteiger partial charge >= 0.3 is 0 Å². The summed E-state index contributed by atoms with van der Waals surface area (Å²) in [5.74, 6) is 0.573. The first-order valence-electron chi connectivity index (χ1n) is 6.30. The summed E-state index contributed by atoms with van der Waals surface area (Å²) in [5, 5.41) is 13.1. The number of halogens is 1. The van der Waals surface area contributed by atoms with Crippen LogP contribution in [0.4, 0.5) is 5.69 Å². The molecule has 1 aliphatic heterocycles. The summed E-state index contributed by atoms with van der Waals surface area (Å²) >= 11 is 5.93. The van der Waals surface area contributed by atoms with E-state index in [1.165, 1.54) is 0 Å². The maximum atomic E-state index is 8.96. The van der Waals surface area contributed by atoms with Crippen LogP contribution in [-0.4, -0.2) is 25.7 Å². The van der Waals surface area contributed by atoms with Crippen molar-refractivity contribution in [2.24, 2.45) is 5.92 Å². The van der Waals surface area contributed by atoms with Crippen LogP contribution < -0.4 is 10.2 Å². The highest BCUT2D eigenvalue weighted by Crippen LogP contribution is 2.23. The molecule has 0 saturated carbocycles. The van der Waals surface area contributed by atoms with E-state index in [4.69, 9.17) is 16.9 Å². The summed E-state index contributed by atoms with van der Waals surface area (Å²) in [7, 11) is 0. The Bertz CT molecular complexity index is 424. The van der Waals surface area contributed by atoms with Crippen molar-refractivity contribution in [2.75, 3.05) is 24.5 Å². The van der Waals surface area contributed by atoms with Gasteiger partial charge in [-0.2, -0.15) is 5.26 Å².